The second-order valence-corrected chi connectivity index (χ2v) is 2.50. The SMILES string of the molecule is O=C(O)[C@H]1CNCC[C@@H]1O. The van der Waals surface area contributed by atoms with Crippen LogP contribution in [0.1, 0.15) is 6.42 Å². The van der Waals surface area contributed by atoms with Crippen molar-refractivity contribution in [3.8, 4) is 0 Å². The molecule has 0 radical (unpaired) electrons. The van der Waals surface area contributed by atoms with Gasteiger partial charge < -0.3 is 15.5 Å². The van der Waals surface area contributed by atoms with Crippen molar-refractivity contribution >= 4 is 5.97 Å². The molecule has 0 saturated carbocycles. The lowest BCUT2D eigenvalue weighted by Gasteiger charge is -2.24. The van der Waals surface area contributed by atoms with E-state index >= 15 is 0 Å². The van der Waals surface area contributed by atoms with Crippen LogP contribution in [-0.4, -0.2) is 35.4 Å². The third-order valence-electron chi connectivity index (χ3n) is 1.76. The summed E-state index contributed by atoms with van der Waals surface area (Å²) in [6.07, 6.45) is -0.129. The maximum absolute atomic E-state index is 10.4. The van der Waals surface area contributed by atoms with E-state index in [0.29, 0.717) is 19.5 Å². The number of carbonyl (C=O) groups is 1. The number of aliphatic carboxylic acids is 1. The lowest BCUT2D eigenvalue weighted by Crippen LogP contribution is -2.43. The molecule has 0 aromatic heterocycles. The Morgan fingerprint density at radius 1 is 1.60 bits per heavy atom. The van der Waals surface area contributed by atoms with Crippen LogP contribution in [0.25, 0.3) is 0 Å². The summed E-state index contributed by atoms with van der Waals surface area (Å²) in [5.41, 5.74) is 0. The van der Waals surface area contributed by atoms with Crippen molar-refractivity contribution in [1.82, 2.24) is 5.32 Å². The van der Waals surface area contributed by atoms with Crippen molar-refractivity contribution < 1.29 is 15.0 Å². The van der Waals surface area contributed by atoms with Gasteiger partial charge in [0, 0.05) is 6.54 Å². The van der Waals surface area contributed by atoms with E-state index in [0.717, 1.165) is 0 Å². The molecule has 1 heterocycles. The maximum atomic E-state index is 10.4. The predicted molar refractivity (Wildman–Crippen MR) is 34.6 cm³/mol. The lowest BCUT2D eigenvalue weighted by molar-refractivity contribution is -0.146. The standard InChI is InChI=1S/C6H11NO3/c8-5-1-2-7-3-4(5)6(9)10/h4-5,7-8H,1-3H2,(H,9,10)/t4-,5-/m0/s1. The van der Waals surface area contributed by atoms with Gasteiger partial charge in [-0.2, -0.15) is 0 Å². The molecule has 10 heavy (non-hydrogen) atoms. The van der Waals surface area contributed by atoms with E-state index in [1.807, 2.05) is 0 Å². The summed E-state index contributed by atoms with van der Waals surface area (Å²) in [6.45, 7) is 1.10. The van der Waals surface area contributed by atoms with Gasteiger partial charge in [-0.15, -0.1) is 0 Å². The van der Waals surface area contributed by atoms with E-state index in [1.165, 1.54) is 0 Å². The van der Waals surface area contributed by atoms with E-state index < -0.39 is 18.0 Å². The first-order chi connectivity index (χ1) is 4.72. The second-order valence-electron chi connectivity index (χ2n) is 2.50. The van der Waals surface area contributed by atoms with E-state index in [4.69, 9.17) is 10.2 Å². The van der Waals surface area contributed by atoms with Gasteiger partial charge >= 0.3 is 5.97 Å². The zero-order valence-electron chi connectivity index (χ0n) is 5.58. The minimum absolute atomic E-state index is 0.385. The summed E-state index contributed by atoms with van der Waals surface area (Å²) in [5, 5.41) is 20.5. The molecule has 1 aliphatic heterocycles. The third kappa shape index (κ3) is 1.46. The van der Waals surface area contributed by atoms with E-state index in [-0.39, 0.29) is 0 Å². The first-order valence-corrected chi connectivity index (χ1v) is 3.33. The third-order valence-corrected chi connectivity index (χ3v) is 1.76. The molecule has 2 atom stereocenters. The molecule has 58 valence electrons. The molecule has 1 aliphatic rings. The van der Waals surface area contributed by atoms with Gasteiger partial charge in [-0.05, 0) is 13.0 Å². The number of aliphatic hydroxyl groups is 1. The molecule has 1 rings (SSSR count). The Morgan fingerprint density at radius 3 is 2.70 bits per heavy atom. The van der Waals surface area contributed by atoms with Crippen molar-refractivity contribution in [1.29, 1.82) is 0 Å². The number of rotatable bonds is 1. The number of carboxylic acids is 1. The molecular formula is C6H11NO3. The molecule has 0 aromatic rings. The Balaban J connectivity index is 2.47. The first kappa shape index (κ1) is 7.50. The maximum Gasteiger partial charge on any atom is 0.310 e. The fourth-order valence-corrected chi connectivity index (χ4v) is 1.10. The molecular weight excluding hydrogens is 134 g/mol. The Hall–Kier alpha value is -0.610. The summed E-state index contributed by atoms with van der Waals surface area (Å²) in [5.74, 6) is -1.53. The Morgan fingerprint density at radius 2 is 2.30 bits per heavy atom. The largest absolute Gasteiger partial charge is 0.481 e. The van der Waals surface area contributed by atoms with Crippen LogP contribution in [0, 0.1) is 5.92 Å². The number of aliphatic hydroxyl groups excluding tert-OH is 1. The molecule has 0 spiro atoms. The van der Waals surface area contributed by atoms with Crippen LogP contribution < -0.4 is 5.32 Å². The van der Waals surface area contributed by atoms with Crippen molar-refractivity contribution in [3.63, 3.8) is 0 Å². The highest BCUT2D eigenvalue weighted by Crippen LogP contribution is 2.10. The van der Waals surface area contributed by atoms with Crippen LogP contribution in [-0.2, 0) is 4.79 Å². The molecule has 3 N–H and O–H groups in total. The van der Waals surface area contributed by atoms with Gasteiger partial charge in [0.25, 0.3) is 0 Å². The predicted octanol–water partition coefficient (Wildman–Crippen LogP) is -0.959. The fraction of sp³-hybridized carbons (Fsp3) is 0.833. The minimum Gasteiger partial charge on any atom is -0.481 e. The Bertz CT molecular complexity index is 137. The van der Waals surface area contributed by atoms with Gasteiger partial charge in [0.2, 0.25) is 0 Å². The summed E-state index contributed by atoms with van der Waals surface area (Å²) in [7, 11) is 0. The molecule has 1 saturated heterocycles. The van der Waals surface area contributed by atoms with Gasteiger partial charge in [0.05, 0.1) is 12.0 Å². The zero-order valence-corrected chi connectivity index (χ0v) is 5.58. The average molecular weight is 145 g/mol. The normalized spacial score (nSPS) is 33.7. The quantitative estimate of drug-likeness (QED) is 0.444. The first-order valence-electron chi connectivity index (χ1n) is 3.33. The number of nitrogens with one attached hydrogen (secondary N) is 1. The second kappa shape index (κ2) is 2.98. The number of carboxylic acid groups (broad SMARTS) is 1. The van der Waals surface area contributed by atoms with Gasteiger partial charge in [-0.25, -0.2) is 0 Å². The highest BCUT2D eigenvalue weighted by molar-refractivity contribution is 5.71. The smallest absolute Gasteiger partial charge is 0.310 e. The lowest BCUT2D eigenvalue weighted by atomic mass is 9.97. The van der Waals surface area contributed by atoms with Gasteiger partial charge in [0.15, 0.2) is 0 Å². The molecule has 4 nitrogen and oxygen atoms in total. The summed E-state index contributed by atoms with van der Waals surface area (Å²) in [6, 6.07) is 0. The minimum atomic E-state index is -0.917. The van der Waals surface area contributed by atoms with Gasteiger partial charge in [-0.3, -0.25) is 4.79 Å². The highest BCUT2D eigenvalue weighted by Gasteiger charge is 2.28. The average Bonchev–Trinajstić information content (AvgIpc) is 1.88. The Kier molecular flexibility index (Phi) is 2.24. The van der Waals surface area contributed by atoms with Crippen LogP contribution in [0.2, 0.25) is 0 Å². The molecule has 0 aromatic carbocycles. The number of hydrogen-bond donors (Lipinski definition) is 3. The fourth-order valence-electron chi connectivity index (χ4n) is 1.10. The van der Waals surface area contributed by atoms with Gasteiger partial charge in [0.1, 0.15) is 0 Å². The zero-order chi connectivity index (χ0) is 7.56. The molecule has 0 amide bonds. The molecule has 4 heteroatoms. The van der Waals surface area contributed by atoms with Crippen LogP contribution in [0.15, 0.2) is 0 Å². The van der Waals surface area contributed by atoms with Crippen molar-refractivity contribution in [2.75, 3.05) is 13.1 Å². The monoisotopic (exact) mass is 145 g/mol. The summed E-state index contributed by atoms with van der Waals surface area (Å²) >= 11 is 0. The molecule has 1 fully saturated rings. The van der Waals surface area contributed by atoms with Crippen LogP contribution in [0.4, 0.5) is 0 Å². The summed E-state index contributed by atoms with van der Waals surface area (Å²) in [4.78, 5) is 10.4. The Labute approximate surface area is 58.9 Å². The topological polar surface area (TPSA) is 69.6 Å². The van der Waals surface area contributed by atoms with E-state index in [2.05, 4.69) is 5.32 Å². The van der Waals surface area contributed by atoms with E-state index in [9.17, 15) is 4.79 Å². The number of piperidine rings is 1. The van der Waals surface area contributed by atoms with Crippen LogP contribution in [0.5, 0.6) is 0 Å². The molecule has 0 bridgehead atoms. The van der Waals surface area contributed by atoms with Crippen molar-refractivity contribution in [2.45, 2.75) is 12.5 Å². The van der Waals surface area contributed by atoms with E-state index in [1.54, 1.807) is 0 Å². The van der Waals surface area contributed by atoms with Gasteiger partial charge in [-0.1, -0.05) is 0 Å². The van der Waals surface area contributed by atoms with Crippen LogP contribution >= 0.6 is 0 Å². The number of hydrogen-bond acceptors (Lipinski definition) is 3. The van der Waals surface area contributed by atoms with Crippen molar-refractivity contribution in [3.05, 3.63) is 0 Å². The highest BCUT2D eigenvalue weighted by atomic mass is 16.4. The van der Waals surface area contributed by atoms with Crippen molar-refractivity contribution in [2.24, 2.45) is 5.92 Å². The molecule has 0 unspecified atom stereocenters. The molecule has 0 aliphatic carbocycles. The van der Waals surface area contributed by atoms with Crippen LogP contribution in [0.3, 0.4) is 0 Å². The summed E-state index contributed by atoms with van der Waals surface area (Å²) < 4.78 is 0.